The largest absolute Gasteiger partial charge is 0.481 e. The van der Waals surface area contributed by atoms with Crippen molar-refractivity contribution in [2.24, 2.45) is 5.41 Å². The molecule has 0 aromatic carbocycles. The average Bonchev–Trinajstić information content (AvgIpc) is 2.98. The minimum absolute atomic E-state index is 0.0439. The molecule has 0 atom stereocenters. The van der Waals surface area contributed by atoms with Crippen LogP contribution in [0, 0.1) is 5.41 Å². The van der Waals surface area contributed by atoms with Crippen molar-refractivity contribution >= 4 is 29.8 Å². The van der Waals surface area contributed by atoms with Gasteiger partial charge in [-0.2, -0.15) is 0 Å². The standard InChI is InChI=1S/C11H16O5.C6H8O4.C6H14O3.C5H8O2/c1-8(10(13)14)4-5-9(2)11(15)16-7-3-6-12;1-2-6(9)10-4-3-5(7)8;1-2-6(3-7,4-8)5-9;1-3-5(6)7-4-2/h4,12H,2-3,5-7H2,1H3,(H,13,14);2H,1,3-4H2,(H,7,8);7-9H,2-5H2,1H3;3H,1,4H2,2H3. The summed E-state index contributed by atoms with van der Waals surface area (Å²) < 4.78 is 13.6. The zero-order valence-corrected chi connectivity index (χ0v) is 24.6. The quantitative estimate of drug-likeness (QED) is 0.0590. The number of carboxylic acid groups (broad SMARTS) is 2. The summed E-state index contributed by atoms with van der Waals surface area (Å²) >= 11 is 0. The monoisotopic (exact) mass is 606 g/mol. The third-order valence-corrected chi connectivity index (χ3v) is 4.75. The molecular weight excluding hydrogens is 560 g/mol. The summed E-state index contributed by atoms with van der Waals surface area (Å²) in [4.78, 5) is 51.9. The van der Waals surface area contributed by atoms with E-state index in [2.05, 4.69) is 29.2 Å². The smallest absolute Gasteiger partial charge is 0.333 e. The number of aliphatic hydroxyl groups is 4. The first-order chi connectivity index (χ1) is 19.7. The van der Waals surface area contributed by atoms with Gasteiger partial charge in [0.25, 0.3) is 0 Å². The third-order valence-electron chi connectivity index (χ3n) is 4.75. The van der Waals surface area contributed by atoms with Crippen molar-refractivity contribution < 1.29 is 68.8 Å². The molecule has 0 saturated carbocycles. The molecule has 0 aromatic rings. The van der Waals surface area contributed by atoms with Crippen LogP contribution in [0.25, 0.3) is 0 Å². The Balaban J connectivity index is -0.000000242. The Bertz CT molecular complexity index is 839. The molecule has 42 heavy (non-hydrogen) atoms. The molecule has 6 N–H and O–H groups in total. The number of allylic oxidation sites excluding steroid dienone is 1. The summed E-state index contributed by atoms with van der Waals surface area (Å²) in [5.41, 5.74) is -0.317. The van der Waals surface area contributed by atoms with E-state index in [9.17, 15) is 24.0 Å². The Morgan fingerprint density at radius 1 is 0.810 bits per heavy atom. The van der Waals surface area contributed by atoms with Gasteiger partial charge in [-0.05, 0) is 26.7 Å². The van der Waals surface area contributed by atoms with Crippen LogP contribution >= 0.6 is 0 Å². The number of hydrogen-bond acceptors (Lipinski definition) is 12. The highest BCUT2D eigenvalue weighted by Crippen LogP contribution is 2.18. The van der Waals surface area contributed by atoms with E-state index in [1.165, 1.54) is 13.0 Å². The van der Waals surface area contributed by atoms with Crippen LogP contribution in [0.1, 0.15) is 46.5 Å². The maximum atomic E-state index is 11.2. The van der Waals surface area contributed by atoms with E-state index in [0.29, 0.717) is 19.4 Å². The second-order valence-corrected chi connectivity index (χ2v) is 8.01. The lowest BCUT2D eigenvalue weighted by molar-refractivity contribution is -0.143. The van der Waals surface area contributed by atoms with E-state index in [-0.39, 0.29) is 69.6 Å². The van der Waals surface area contributed by atoms with Crippen molar-refractivity contribution in [3.05, 3.63) is 49.1 Å². The number of carbonyl (C=O) groups is 5. The highest BCUT2D eigenvalue weighted by atomic mass is 16.5. The number of aliphatic hydroxyl groups excluding tert-OH is 4. The summed E-state index contributed by atoms with van der Waals surface area (Å²) in [5, 5.41) is 51.1. The van der Waals surface area contributed by atoms with Gasteiger partial charge in [0.15, 0.2) is 0 Å². The lowest BCUT2D eigenvalue weighted by Gasteiger charge is -2.24. The van der Waals surface area contributed by atoms with Gasteiger partial charge in [-0.1, -0.05) is 32.7 Å². The van der Waals surface area contributed by atoms with E-state index < -0.39 is 29.3 Å². The van der Waals surface area contributed by atoms with Crippen LogP contribution < -0.4 is 0 Å². The number of carbonyl (C=O) groups excluding carboxylic acids is 3. The molecule has 0 unspecified atom stereocenters. The Labute approximate surface area is 246 Å². The first kappa shape index (κ1) is 45.1. The minimum Gasteiger partial charge on any atom is -0.481 e. The molecule has 0 spiro atoms. The molecule has 14 heteroatoms. The second kappa shape index (κ2) is 30.1. The normalized spacial score (nSPS) is 10.0. The van der Waals surface area contributed by atoms with Gasteiger partial charge >= 0.3 is 29.8 Å². The van der Waals surface area contributed by atoms with Gasteiger partial charge in [0, 0.05) is 41.7 Å². The molecular formula is C28H46O14. The number of carboxylic acids is 2. The average molecular weight is 607 g/mol. The van der Waals surface area contributed by atoms with E-state index in [4.69, 9.17) is 35.4 Å². The molecule has 0 aliphatic rings. The van der Waals surface area contributed by atoms with Crippen LogP contribution in [0.3, 0.4) is 0 Å². The maximum absolute atomic E-state index is 11.2. The maximum Gasteiger partial charge on any atom is 0.333 e. The Kier molecular flexibility index (Phi) is 32.4. The second-order valence-electron chi connectivity index (χ2n) is 8.01. The molecule has 0 bridgehead atoms. The third kappa shape index (κ3) is 29.1. The predicted molar refractivity (Wildman–Crippen MR) is 152 cm³/mol. The Hall–Kier alpha value is -3.85. The number of hydrogen-bond donors (Lipinski definition) is 6. The van der Waals surface area contributed by atoms with Crippen molar-refractivity contribution in [2.45, 2.75) is 46.5 Å². The molecule has 0 aromatic heterocycles. The topological polar surface area (TPSA) is 234 Å². The summed E-state index contributed by atoms with van der Waals surface area (Å²) in [6, 6.07) is 0. The molecule has 0 amide bonds. The molecule has 0 radical (unpaired) electrons. The fourth-order valence-corrected chi connectivity index (χ4v) is 1.76. The predicted octanol–water partition coefficient (Wildman–Crippen LogP) is 1.17. The first-order valence-electron chi connectivity index (χ1n) is 12.7. The van der Waals surface area contributed by atoms with Crippen molar-refractivity contribution in [3.63, 3.8) is 0 Å². The minimum atomic E-state index is -1.03. The lowest BCUT2D eigenvalue weighted by atomic mass is 9.88. The molecule has 0 rings (SSSR count). The Morgan fingerprint density at radius 2 is 1.31 bits per heavy atom. The number of esters is 3. The molecule has 0 aliphatic heterocycles. The van der Waals surface area contributed by atoms with E-state index in [0.717, 1.165) is 12.2 Å². The van der Waals surface area contributed by atoms with Crippen LogP contribution in [0.15, 0.2) is 49.1 Å². The van der Waals surface area contributed by atoms with Gasteiger partial charge < -0.3 is 44.8 Å². The summed E-state index contributed by atoms with van der Waals surface area (Å²) in [6.07, 6.45) is 4.48. The van der Waals surface area contributed by atoms with Gasteiger partial charge in [0.2, 0.25) is 0 Å². The molecule has 0 aliphatic carbocycles. The summed E-state index contributed by atoms with van der Waals surface area (Å²) in [5.74, 6) is -3.54. The fraction of sp³-hybridized carbons (Fsp3) is 0.536. The van der Waals surface area contributed by atoms with Crippen molar-refractivity contribution in [2.75, 3.05) is 46.2 Å². The van der Waals surface area contributed by atoms with Gasteiger partial charge in [0.1, 0.15) is 6.61 Å². The van der Waals surface area contributed by atoms with Crippen LogP contribution in [-0.4, -0.2) is 107 Å². The van der Waals surface area contributed by atoms with Crippen LogP contribution in [0.5, 0.6) is 0 Å². The molecule has 14 nitrogen and oxygen atoms in total. The molecule has 0 fully saturated rings. The van der Waals surface area contributed by atoms with Gasteiger partial charge in [-0.15, -0.1) is 0 Å². The summed E-state index contributed by atoms with van der Waals surface area (Å²) in [7, 11) is 0. The zero-order chi connectivity index (χ0) is 33.6. The van der Waals surface area contributed by atoms with E-state index in [1.807, 2.05) is 6.92 Å². The van der Waals surface area contributed by atoms with Gasteiger partial charge in [0.05, 0.1) is 39.5 Å². The molecule has 242 valence electrons. The van der Waals surface area contributed by atoms with Gasteiger partial charge in [-0.25, -0.2) is 19.2 Å². The number of rotatable bonds is 17. The molecule has 0 heterocycles. The van der Waals surface area contributed by atoms with Crippen molar-refractivity contribution in [3.8, 4) is 0 Å². The SMILES string of the molecule is C=C(CC=C(C)C(=O)O)C(=O)OCCCO.C=CC(=O)OCC.C=CC(=O)OCCC(=O)O.CCC(CO)(CO)CO. The molecule has 0 saturated heterocycles. The summed E-state index contributed by atoms with van der Waals surface area (Å²) in [6.45, 7) is 14.8. The fourth-order valence-electron chi connectivity index (χ4n) is 1.76. The van der Waals surface area contributed by atoms with Gasteiger partial charge in [-0.3, -0.25) is 4.79 Å². The van der Waals surface area contributed by atoms with Crippen molar-refractivity contribution in [1.82, 2.24) is 0 Å². The van der Waals surface area contributed by atoms with E-state index in [1.54, 1.807) is 6.92 Å². The Morgan fingerprint density at radius 3 is 1.62 bits per heavy atom. The number of ether oxygens (including phenoxy) is 3. The van der Waals surface area contributed by atoms with Crippen LogP contribution in [0.2, 0.25) is 0 Å². The highest BCUT2D eigenvalue weighted by molar-refractivity contribution is 5.89. The zero-order valence-electron chi connectivity index (χ0n) is 24.6. The van der Waals surface area contributed by atoms with Crippen LogP contribution in [-0.2, 0) is 38.2 Å². The number of aliphatic carboxylic acids is 2. The first-order valence-corrected chi connectivity index (χ1v) is 12.7. The van der Waals surface area contributed by atoms with Crippen molar-refractivity contribution in [1.29, 1.82) is 0 Å². The highest BCUT2D eigenvalue weighted by Gasteiger charge is 2.24. The van der Waals surface area contributed by atoms with E-state index >= 15 is 0 Å². The lowest BCUT2D eigenvalue weighted by Crippen LogP contribution is -2.32. The van der Waals surface area contributed by atoms with Crippen LogP contribution in [0.4, 0.5) is 0 Å².